The number of benzene rings is 1. The number of aromatic nitrogens is 2. The quantitative estimate of drug-likeness (QED) is 0.921. The van der Waals surface area contributed by atoms with E-state index in [1.165, 1.54) is 12.1 Å². The molecular formula is C16H16FN3O. The molecule has 0 fully saturated rings. The maximum absolute atomic E-state index is 13.0. The molecule has 1 aromatic carbocycles. The van der Waals surface area contributed by atoms with Crippen LogP contribution in [-0.2, 0) is 12.8 Å². The van der Waals surface area contributed by atoms with Gasteiger partial charge in [0, 0.05) is 12.8 Å². The van der Waals surface area contributed by atoms with E-state index >= 15 is 0 Å². The molecule has 1 heterocycles. The highest BCUT2D eigenvalue weighted by Crippen LogP contribution is 2.33. The van der Waals surface area contributed by atoms with Crippen molar-refractivity contribution in [3.05, 3.63) is 52.7 Å². The number of halogens is 1. The lowest BCUT2D eigenvalue weighted by atomic mass is 9.82. The number of hydrogen-bond acceptors (Lipinski definition) is 4. The van der Waals surface area contributed by atoms with Gasteiger partial charge in [-0.3, -0.25) is 4.79 Å². The zero-order chi connectivity index (χ0) is 15.0. The molecule has 2 aromatic rings. The van der Waals surface area contributed by atoms with Gasteiger partial charge in [0.1, 0.15) is 17.5 Å². The Morgan fingerprint density at radius 2 is 1.95 bits per heavy atom. The van der Waals surface area contributed by atoms with Crippen LogP contribution in [0.3, 0.4) is 0 Å². The van der Waals surface area contributed by atoms with Gasteiger partial charge in [0.2, 0.25) is 0 Å². The summed E-state index contributed by atoms with van der Waals surface area (Å²) in [4.78, 5) is 20.9. The second kappa shape index (κ2) is 5.24. The van der Waals surface area contributed by atoms with E-state index in [-0.39, 0.29) is 23.3 Å². The maximum Gasteiger partial charge on any atom is 0.169 e. The first kappa shape index (κ1) is 13.7. The summed E-state index contributed by atoms with van der Waals surface area (Å²) in [5.41, 5.74) is 8.02. The van der Waals surface area contributed by atoms with Crippen molar-refractivity contribution in [1.29, 1.82) is 0 Å². The van der Waals surface area contributed by atoms with Crippen molar-refractivity contribution in [2.45, 2.75) is 32.1 Å². The summed E-state index contributed by atoms with van der Waals surface area (Å²) in [5.74, 6) is 0.634. The highest BCUT2D eigenvalue weighted by atomic mass is 19.1. The van der Waals surface area contributed by atoms with Crippen molar-refractivity contribution in [1.82, 2.24) is 9.97 Å². The number of hydrogen-bond donors (Lipinski definition) is 1. The third-order valence-corrected chi connectivity index (χ3v) is 3.87. The Morgan fingerprint density at radius 3 is 2.62 bits per heavy atom. The van der Waals surface area contributed by atoms with Crippen molar-refractivity contribution in [3.8, 4) is 0 Å². The average Bonchev–Trinajstić information content (AvgIpc) is 2.46. The summed E-state index contributed by atoms with van der Waals surface area (Å²) in [6.07, 6.45) is 1.66. The van der Waals surface area contributed by atoms with E-state index in [0.29, 0.717) is 36.3 Å². The zero-order valence-electron chi connectivity index (χ0n) is 11.8. The van der Waals surface area contributed by atoms with Crippen LogP contribution in [0.15, 0.2) is 24.3 Å². The highest BCUT2D eigenvalue weighted by Gasteiger charge is 2.30. The molecule has 0 aliphatic heterocycles. The summed E-state index contributed by atoms with van der Waals surface area (Å²) in [6, 6.07) is 6.29. The van der Waals surface area contributed by atoms with E-state index < -0.39 is 0 Å². The van der Waals surface area contributed by atoms with Gasteiger partial charge in [0.25, 0.3) is 0 Å². The van der Waals surface area contributed by atoms with Gasteiger partial charge in [-0.05, 0) is 30.0 Å². The van der Waals surface area contributed by atoms with Crippen molar-refractivity contribution in [2.24, 2.45) is 0 Å². The van der Waals surface area contributed by atoms with Gasteiger partial charge in [-0.2, -0.15) is 0 Å². The van der Waals surface area contributed by atoms with Crippen LogP contribution in [-0.4, -0.2) is 15.8 Å². The molecule has 108 valence electrons. The van der Waals surface area contributed by atoms with Gasteiger partial charge in [-0.1, -0.05) is 19.1 Å². The minimum Gasteiger partial charge on any atom is -0.383 e. The van der Waals surface area contributed by atoms with E-state index in [1.807, 2.05) is 6.92 Å². The fourth-order valence-corrected chi connectivity index (χ4v) is 2.79. The molecule has 0 spiro atoms. The lowest BCUT2D eigenvalue weighted by molar-refractivity contribution is 0.0963. The second-order valence-electron chi connectivity index (χ2n) is 5.28. The van der Waals surface area contributed by atoms with Crippen molar-refractivity contribution in [2.75, 3.05) is 5.73 Å². The smallest absolute Gasteiger partial charge is 0.169 e. The van der Waals surface area contributed by atoms with Crippen LogP contribution >= 0.6 is 0 Å². The number of nitrogens with two attached hydrogens (primary N) is 1. The van der Waals surface area contributed by atoms with E-state index in [2.05, 4.69) is 9.97 Å². The number of ketones is 1. The number of carbonyl (C=O) groups excluding carboxylic acids is 1. The summed E-state index contributed by atoms with van der Waals surface area (Å²) < 4.78 is 13.0. The van der Waals surface area contributed by atoms with Gasteiger partial charge in [0.15, 0.2) is 5.78 Å². The molecule has 1 aliphatic rings. The van der Waals surface area contributed by atoms with Crippen molar-refractivity contribution >= 4 is 11.6 Å². The molecule has 0 amide bonds. The molecule has 0 unspecified atom stereocenters. The van der Waals surface area contributed by atoms with Crippen LogP contribution in [0, 0.1) is 5.82 Å². The van der Waals surface area contributed by atoms with E-state index in [0.717, 1.165) is 5.56 Å². The van der Waals surface area contributed by atoms with E-state index in [4.69, 9.17) is 5.73 Å². The fourth-order valence-electron chi connectivity index (χ4n) is 2.79. The third-order valence-electron chi connectivity index (χ3n) is 3.87. The topological polar surface area (TPSA) is 68.9 Å². The molecular weight excluding hydrogens is 269 g/mol. The SMILES string of the molecule is CCc1nc(N)c2c(n1)C[C@@H](c1ccc(F)cc1)CC2=O. The van der Waals surface area contributed by atoms with Crippen LogP contribution < -0.4 is 5.73 Å². The molecule has 2 N–H and O–H groups in total. The monoisotopic (exact) mass is 285 g/mol. The Kier molecular flexibility index (Phi) is 3.41. The van der Waals surface area contributed by atoms with Crippen LogP contribution in [0.2, 0.25) is 0 Å². The first-order valence-corrected chi connectivity index (χ1v) is 7.02. The molecule has 3 rings (SSSR count). The molecule has 0 bridgehead atoms. The normalized spacial score (nSPS) is 17.6. The molecule has 0 saturated carbocycles. The summed E-state index contributed by atoms with van der Waals surface area (Å²) in [5, 5.41) is 0. The molecule has 21 heavy (non-hydrogen) atoms. The number of aryl methyl sites for hydroxylation is 1. The van der Waals surface area contributed by atoms with Gasteiger partial charge >= 0.3 is 0 Å². The Balaban J connectivity index is 1.99. The minimum absolute atomic E-state index is 0.0182. The average molecular weight is 285 g/mol. The number of nitrogen functional groups attached to an aromatic ring is 1. The zero-order valence-corrected chi connectivity index (χ0v) is 11.8. The molecule has 1 atom stereocenters. The number of anilines is 1. The second-order valence-corrected chi connectivity index (χ2v) is 5.28. The number of nitrogens with zero attached hydrogens (tertiary/aromatic N) is 2. The van der Waals surface area contributed by atoms with Crippen LogP contribution in [0.25, 0.3) is 0 Å². The molecule has 0 radical (unpaired) electrons. The first-order chi connectivity index (χ1) is 10.1. The first-order valence-electron chi connectivity index (χ1n) is 7.02. The lowest BCUT2D eigenvalue weighted by Gasteiger charge is -2.24. The number of Topliss-reactive ketones (excluding diaryl/α,β-unsaturated/α-hetero) is 1. The standard InChI is InChI=1S/C16H16FN3O/c1-2-14-19-12-7-10(9-3-5-11(17)6-4-9)8-13(21)15(12)16(18)20-14/h3-6,10H,2,7-8H2,1H3,(H2,18,19,20)/t10-/m1/s1. The highest BCUT2D eigenvalue weighted by molar-refractivity contribution is 6.02. The Bertz CT molecular complexity index is 697. The fraction of sp³-hybridized carbons (Fsp3) is 0.312. The maximum atomic E-state index is 13.0. The summed E-state index contributed by atoms with van der Waals surface area (Å²) in [6.45, 7) is 1.95. The predicted octanol–water partition coefficient (Wildman–Crippen LogP) is 2.67. The van der Waals surface area contributed by atoms with Crippen LogP contribution in [0.4, 0.5) is 10.2 Å². The minimum atomic E-state index is -0.277. The van der Waals surface area contributed by atoms with E-state index in [1.54, 1.807) is 12.1 Å². The Morgan fingerprint density at radius 1 is 1.24 bits per heavy atom. The van der Waals surface area contributed by atoms with Gasteiger partial charge in [-0.25, -0.2) is 14.4 Å². The largest absolute Gasteiger partial charge is 0.383 e. The van der Waals surface area contributed by atoms with Gasteiger partial charge in [0.05, 0.1) is 11.3 Å². The molecule has 1 aromatic heterocycles. The number of rotatable bonds is 2. The Labute approximate surface area is 122 Å². The predicted molar refractivity (Wildman–Crippen MR) is 77.6 cm³/mol. The summed E-state index contributed by atoms with van der Waals surface area (Å²) >= 11 is 0. The lowest BCUT2D eigenvalue weighted by Crippen LogP contribution is -2.23. The van der Waals surface area contributed by atoms with Crippen molar-refractivity contribution in [3.63, 3.8) is 0 Å². The van der Waals surface area contributed by atoms with Gasteiger partial charge < -0.3 is 5.73 Å². The molecule has 0 saturated heterocycles. The molecule has 5 heteroatoms. The van der Waals surface area contributed by atoms with Crippen LogP contribution in [0.5, 0.6) is 0 Å². The van der Waals surface area contributed by atoms with Gasteiger partial charge in [-0.15, -0.1) is 0 Å². The Hall–Kier alpha value is -2.30. The van der Waals surface area contributed by atoms with Crippen LogP contribution in [0.1, 0.15) is 46.7 Å². The summed E-state index contributed by atoms with van der Waals surface area (Å²) in [7, 11) is 0. The molecule has 4 nitrogen and oxygen atoms in total. The number of fused-ring (bicyclic) bond motifs is 1. The third kappa shape index (κ3) is 2.51. The molecule has 1 aliphatic carbocycles. The van der Waals surface area contributed by atoms with Crippen molar-refractivity contribution < 1.29 is 9.18 Å². The number of carbonyl (C=O) groups is 1. The van der Waals surface area contributed by atoms with E-state index in [9.17, 15) is 9.18 Å².